The van der Waals surface area contributed by atoms with Gasteiger partial charge in [-0.05, 0) is 44.8 Å². The summed E-state index contributed by atoms with van der Waals surface area (Å²) in [5.41, 5.74) is 2.25. The van der Waals surface area contributed by atoms with Crippen LogP contribution in [0.2, 0.25) is 0 Å². The molecule has 0 saturated heterocycles. The van der Waals surface area contributed by atoms with Crippen LogP contribution in [0.15, 0.2) is 34.9 Å². The molecule has 0 spiro atoms. The molecular formula is C21H26N2O8. The maximum atomic E-state index is 12.4. The van der Waals surface area contributed by atoms with E-state index in [1.807, 2.05) is 35.8 Å². The summed E-state index contributed by atoms with van der Waals surface area (Å²) in [4.78, 5) is 40.6. The van der Waals surface area contributed by atoms with Crippen LogP contribution in [0.4, 0.5) is 4.79 Å². The van der Waals surface area contributed by atoms with Gasteiger partial charge in [-0.3, -0.25) is 0 Å². The standard InChI is InChI=1S/C21H26N2O8/c1-5-27-18-15(11-12-16(24)30-23-20(26)29-21(2,3)4)17(31-22-18)19(25)28-13-14-9-7-6-8-10-14/h6-10H,5,11-13H2,1-4H3,(H,23,26). The van der Waals surface area contributed by atoms with Gasteiger partial charge in [-0.1, -0.05) is 30.3 Å². The van der Waals surface area contributed by atoms with Crippen molar-refractivity contribution in [2.45, 2.75) is 52.7 Å². The average molecular weight is 434 g/mol. The summed E-state index contributed by atoms with van der Waals surface area (Å²) in [6.07, 6.45) is -1.06. The largest absolute Gasteiger partial charge is 0.476 e. The number of nitrogens with one attached hydrogen (secondary N) is 1. The fourth-order valence-electron chi connectivity index (χ4n) is 2.39. The van der Waals surface area contributed by atoms with E-state index in [9.17, 15) is 14.4 Å². The molecule has 31 heavy (non-hydrogen) atoms. The van der Waals surface area contributed by atoms with Crippen molar-refractivity contribution in [2.75, 3.05) is 6.61 Å². The Morgan fingerprint density at radius 1 is 1.13 bits per heavy atom. The molecule has 1 N–H and O–H groups in total. The van der Waals surface area contributed by atoms with E-state index in [1.54, 1.807) is 27.7 Å². The summed E-state index contributed by atoms with van der Waals surface area (Å²) < 4.78 is 20.7. The first kappa shape index (κ1) is 23.7. The molecule has 10 heteroatoms. The first-order valence-corrected chi connectivity index (χ1v) is 9.70. The number of benzene rings is 1. The molecule has 2 aromatic rings. The SMILES string of the molecule is CCOc1noc(C(=O)OCc2ccccc2)c1CCC(=O)ONC(=O)OC(C)(C)C. The van der Waals surface area contributed by atoms with Gasteiger partial charge in [0.2, 0.25) is 0 Å². The maximum absolute atomic E-state index is 12.4. The summed E-state index contributed by atoms with van der Waals surface area (Å²) in [5, 5.41) is 3.73. The minimum Gasteiger partial charge on any atom is -0.476 e. The van der Waals surface area contributed by atoms with E-state index in [1.165, 1.54) is 0 Å². The second kappa shape index (κ2) is 11.0. The first-order chi connectivity index (χ1) is 14.7. The van der Waals surface area contributed by atoms with E-state index in [0.29, 0.717) is 0 Å². The molecule has 1 heterocycles. The van der Waals surface area contributed by atoms with Crippen LogP contribution >= 0.6 is 0 Å². The topological polar surface area (TPSA) is 126 Å². The van der Waals surface area contributed by atoms with Crippen LogP contribution in [0.1, 0.15) is 55.8 Å². The highest BCUT2D eigenvalue weighted by molar-refractivity contribution is 5.88. The van der Waals surface area contributed by atoms with Gasteiger partial charge in [0.1, 0.15) is 12.2 Å². The lowest BCUT2D eigenvalue weighted by Crippen LogP contribution is -2.34. The van der Waals surface area contributed by atoms with Gasteiger partial charge in [0.05, 0.1) is 18.6 Å². The summed E-state index contributed by atoms with van der Waals surface area (Å²) >= 11 is 0. The lowest BCUT2D eigenvalue weighted by atomic mass is 10.1. The normalized spacial score (nSPS) is 10.8. The Kier molecular flexibility index (Phi) is 8.42. The molecule has 1 amide bonds. The first-order valence-electron chi connectivity index (χ1n) is 9.70. The fraction of sp³-hybridized carbons (Fsp3) is 0.429. The van der Waals surface area contributed by atoms with Crippen LogP contribution in [0, 0.1) is 0 Å². The van der Waals surface area contributed by atoms with Crippen molar-refractivity contribution in [3.8, 4) is 5.88 Å². The maximum Gasteiger partial charge on any atom is 0.441 e. The smallest absolute Gasteiger partial charge is 0.441 e. The van der Waals surface area contributed by atoms with Crippen molar-refractivity contribution < 1.29 is 38.0 Å². The van der Waals surface area contributed by atoms with Gasteiger partial charge in [-0.15, -0.1) is 5.48 Å². The second-order valence-corrected chi connectivity index (χ2v) is 7.37. The Bertz CT molecular complexity index is 887. The Morgan fingerprint density at radius 2 is 1.84 bits per heavy atom. The van der Waals surface area contributed by atoms with E-state index in [4.69, 9.17) is 18.7 Å². The van der Waals surface area contributed by atoms with Crippen molar-refractivity contribution in [3.05, 3.63) is 47.2 Å². The molecule has 0 unspecified atom stereocenters. The van der Waals surface area contributed by atoms with Crippen molar-refractivity contribution in [3.63, 3.8) is 0 Å². The summed E-state index contributed by atoms with van der Waals surface area (Å²) in [6, 6.07) is 9.13. The van der Waals surface area contributed by atoms with Crippen LogP contribution in [0.3, 0.4) is 0 Å². The van der Waals surface area contributed by atoms with E-state index in [-0.39, 0.29) is 43.3 Å². The third-order valence-electron chi connectivity index (χ3n) is 3.66. The average Bonchev–Trinajstić information content (AvgIpc) is 3.11. The number of rotatable bonds is 8. The number of ether oxygens (including phenoxy) is 3. The van der Waals surface area contributed by atoms with Crippen molar-refractivity contribution >= 4 is 18.0 Å². The number of amides is 1. The predicted octanol–water partition coefficient (Wildman–Crippen LogP) is 3.35. The number of esters is 1. The van der Waals surface area contributed by atoms with Gasteiger partial charge >= 0.3 is 18.0 Å². The van der Waals surface area contributed by atoms with Gasteiger partial charge in [-0.2, -0.15) is 0 Å². The molecule has 10 nitrogen and oxygen atoms in total. The van der Waals surface area contributed by atoms with Crippen LogP contribution in [-0.2, 0) is 32.1 Å². The number of hydrogen-bond acceptors (Lipinski definition) is 9. The van der Waals surface area contributed by atoms with E-state index in [0.717, 1.165) is 5.56 Å². The van der Waals surface area contributed by atoms with Crippen LogP contribution in [0.25, 0.3) is 0 Å². The molecule has 0 radical (unpaired) electrons. The molecule has 0 aliphatic heterocycles. The van der Waals surface area contributed by atoms with Crippen molar-refractivity contribution in [1.29, 1.82) is 0 Å². The Labute approximate surface area is 179 Å². The second-order valence-electron chi connectivity index (χ2n) is 7.37. The number of carbonyl (C=O) groups excluding carboxylic acids is 3. The Morgan fingerprint density at radius 3 is 2.48 bits per heavy atom. The molecule has 0 aliphatic rings. The Hall–Kier alpha value is -3.56. The number of carbonyl (C=O) groups is 3. The highest BCUT2D eigenvalue weighted by atomic mass is 16.7. The Balaban J connectivity index is 1.95. The lowest BCUT2D eigenvalue weighted by molar-refractivity contribution is -0.150. The van der Waals surface area contributed by atoms with E-state index < -0.39 is 23.6 Å². The zero-order chi connectivity index (χ0) is 22.9. The quantitative estimate of drug-likeness (QED) is 0.378. The minimum atomic E-state index is -0.897. The summed E-state index contributed by atoms with van der Waals surface area (Å²) in [6.45, 7) is 7.09. The molecule has 0 fully saturated rings. The molecule has 1 aromatic carbocycles. The molecular weight excluding hydrogens is 408 g/mol. The third kappa shape index (κ3) is 8.00. The molecule has 0 saturated carbocycles. The monoisotopic (exact) mass is 434 g/mol. The van der Waals surface area contributed by atoms with E-state index >= 15 is 0 Å². The molecule has 1 aromatic heterocycles. The van der Waals surface area contributed by atoms with Gasteiger partial charge in [0.25, 0.3) is 11.6 Å². The van der Waals surface area contributed by atoms with Crippen LogP contribution in [-0.4, -0.2) is 35.4 Å². The third-order valence-corrected chi connectivity index (χ3v) is 3.66. The van der Waals surface area contributed by atoms with Crippen LogP contribution < -0.4 is 10.2 Å². The molecule has 0 aliphatic carbocycles. The number of aromatic nitrogens is 1. The minimum absolute atomic E-state index is 0.0173. The highest BCUT2D eigenvalue weighted by Gasteiger charge is 2.26. The van der Waals surface area contributed by atoms with Crippen molar-refractivity contribution in [1.82, 2.24) is 10.6 Å². The number of hydroxylamine groups is 1. The zero-order valence-corrected chi connectivity index (χ0v) is 17.9. The van der Waals surface area contributed by atoms with Crippen molar-refractivity contribution in [2.24, 2.45) is 0 Å². The van der Waals surface area contributed by atoms with Gasteiger partial charge in [-0.25, -0.2) is 14.4 Å². The molecule has 0 bridgehead atoms. The predicted molar refractivity (Wildman–Crippen MR) is 107 cm³/mol. The van der Waals surface area contributed by atoms with Gasteiger partial charge < -0.3 is 23.6 Å². The molecule has 0 atom stereocenters. The summed E-state index contributed by atoms with van der Waals surface area (Å²) in [5.74, 6) is -1.56. The van der Waals surface area contributed by atoms with E-state index in [2.05, 4.69) is 9.99 Å². The number of nitrogens with zero attached hydrogens (tertiary/aromatic N) is 1. The highest BCUT2D eigenvalue weighted by Crippen LogP contribution is 2.24. The lowest BCUT2D eigenvalue weighted by Gasteiger charge is -2.19. The van der Waals surface area contributed by atoms with Crippen LogP contribution in [0.5, 0.6) is 5.88 Å². The van der Waals surface area contributed by atoms with Gasteiger partial charge in [0, 0.05) is 0 Å². The zero-order valence-electron chi connectivity index (χ0n) is 17.9. The summed E-state index contributed by atoms with van der Waals surface area (Å²) in [7, 11) is 0. The number of hydrogen-bond donors (Lipinski definition) is 1. The van der Waals surface area contributed by atoms with Gasteiger partial charge in [0.15, 0.2) is 0 Å². The molecule has 2 rings (SSSR count). The molecule has 168 valence electrons. The fourth-order valence-corrected chi connectivity index (χ4v) is 2.39.